The van der Waals surface area contributed by atoms with Crippen molar-refractivity contribution in [1.29, 1.82) is 0 Å². The summed E-state index contributed by atoms with van der Waals surface area (Å²) in [5, 5.41) is 9.50. The second kappa shape index (κ2) is 10.0. The zero-order chi connectivity index (χ0) is 22.5. The first-order chi connectivity index (χ1) is 16.3. The Bertz CT molecular complexity index is 1230. The molecule has 1 aliphatic heterocycles. The number of hydrogen-bond acceptors (Lipinski definition) is 2. The first-order valence-electron chi connectivity index (χ1n) is 11.9. The number of benzene rings is 4. The lowest BCUT2D eigenvalue weighted by molar-refractivity contribution is 0.0953. The Kier molecular flexibility index (Phi) is 6.50. The summed E-state index contributed by atoms with van der Waals surface area (Å²) in [6, 6.07) is 31.8. The van der Waals surface area contributed by atoms with Crippen molar-refractivity contribution in [1.82, 2.24) is 10.6 Å². The van der Waals surface area contributed by atoms with Crippen molar-refractivity contribution in [3.05, 3.63) is 108 Å². The number of amides is 1. The van der Waals surface area contributed by atoms with Crippen LogP contribution in [0.1, 0.15) is 40.7 Å². The highest BCUT2D eigenvalue weighted by Crippen LogP contribution is 2.27. The average molecular weight is 435 g/mol. The largest absolute Gasteiger partial charge is 0.352 e. The Balaban J connectivity index is 1.08. The molecule has 0 radical (unpaired) electrons. The fourth-order valence-electron chi connectivity index (χ4n) is 4.83. The monoisotopic (exact) mass is 434 g/mol. The summed E-state index contributed by atoms with van der Waals surface area (Å²) in [7, 11) is 0. The van der Waals surface area contributed by atoms with Crippen LogP contribution in [0.15, 0.2) is 91.0 Å². The van der Waals surface area contributed by atoms with Crippen molar-refractivity contribution < 1.29 is 4.79 Å². The highest BCUT2D eigenvalue weighted by atomic mass is 16.1. The third-order valence-electron chi connectivity index (χ3n) is 6.69. The standard InChI is InChI=1S/C30H30N2O/c33-30(25-16-13-23(14-17-25)22-8-2-1-3-9-22)31-19-7-6-11-27-20-29-26(21-32-27)18-15-24-10-4-5-12-28(24)29/h1-5,8-10,12-18,27,32H,6-7,11,19-21H2,(H,31,33). The molecule has 1 amide bonds. The maximum Gasteiger partial charge on any atom is 0.251 e. The molecule has 4 aromatic rings. The van der Waals surface area contributed by atoms with Gasteiger partial charge in [0.05, 0.1) is 0 Å². The molecule has 5 rings (SSSR count). The van der Waals surface area contributed by atoms with Crippen LogP contribution in [0.3, 0.4) is 0 Å². The second-order valence-electron chi connectivity index (χ2n) is 8.90. The molecule has 0 spiro atoms. The van der Waals surface area contributed by atoms with E-state index in [9.17, 15) is 4.79 Å². The first-order valence-corrected chi connectivity index (χ1v) is 11.9. The normalized spacial score (nSPS) is 15.2. The summed E-state index contributed by atoms with van der Waals surface area (Å²) >= 11 is 0. The summed E-state index contributed by atoms with van der Waals surface area (Å²) in [5.74, 6) is 0.00537. The van der Waals surface area contributed by atoms with Crippen molar-refractivity contribution in [2.75, 3.05) is 6.54 Å². The van der Waals surface area contributed by atoms with Gasteiger partial charge in [-0.3, -0.25) is 4.79 Å². The first kappa shape index (κ1) is 21.4. The van der Waals surface area contributed by atoms with E-state index in [1.54, 1.807) is 0 Å². The van der Waals surface area contributed by atoms with Crippen LogP contribution in [-0.4, -0.2) is 18.5 Å². The number of nitrogens with one attached hydrogen (secondary N) is 2. The van der Waals surface area contributed by atoms with Crippen LogP contribution in [-0.2, 0) is 13.0 Å². The minimum absolute atomic E-state index is 0.00537. The van der Waals surface area contributed by atoms with Crippen LogP contribution < -0.4 is 10.6 Å². The second-order valence-corrected chi connectivity index (χ2v) is 8.90. The van der Waals surface area contributed by atoms with Crippen molar-refractivity contribution in [2.24, 2.45) is 0 Å². The molecular weight excluding hydrogens is 404 g/mol. The quantitative estimate of drug-likeness (QED) is 0.344. The van der Waals surface area contributed by atoms with Crippen LogP contribution in [0.2, 0.25) is 0 Å². The Morgan fingerprint density at radius 2 is 1.58 bits per heavy atom. The maximum atomic E-state index is 12.5. The van der Waals surface area contributed by atoms with Crippen molar-refractivity contribution in [3.63, 3.8) is 0 Å². The van der Waals surface area contributed by atoms with Crippen LogP contribution in [0.5, 0.6) is 0 Å². The molecule has 0 fully saturated rings. The van der Waals surface area contributed by atoms with Gasteiger partial charge in [-0.25, -0.2) is 0 Å². The lowest BCUT2D eigenvalue weighted by Gasteiger charge is -2.27. The zero-order valence-corrected chi connectivity index (χ0v) is 18.9. The van der Waals surface area contributed by atoms with Gasteiger partial charge >= 0.3 is 0 Å². The summed E-state index contributed by atoms with van der Waals surface area (Å²) in [6.45, 7) is 1.66. The van der Waals surface area contributed by atoms with Crippen LogP contribution >= 0.6 is 0 Å². The van der Waals surface area contributed by atoms with E-state index in [1.165, 1.54) is 21.9 Å². The summed E-state index contributed by atoms with van der Waals surface area (Å²) in [5.41, 5.74) is 5.93. The van der Waals surface area contributed by atoms with Gasteiger partial charge in [0, 0.05) is 24.7 Å². The predicted molar refractivity (Wildman–Crippen MR) is 136 cm³/mol. The van der Waals surface area contributed by atoms with Gasteiger partial charge in [-0.2, -0.15) is 0 Å². The molecule has 0 saturated carbocycles. The summed E-state index contributed by atoms with van der Waals surface area (Å²) in [4.78, 5) is 12.5. The number of fused-ring (bicyclic) bond motifs is 3. The molecule has 0 bridgehead atoms. The number of hydrogen-bond donors (Lipinski definition) is 2. The smallest absolute Gasteiger partial charge is 0.251 e. The van der Waals surface area contributed by atoms with E-state index in [0.29, 0.717) is 18.2 Å². The van der Waals surface area contributed by atoms with Gasteiger partial charge in [-0.1, -0.05) is 85.3 Å². The van der Waals surface area contributed by atoms with Gasteiger partial charge in [0.15, 0.2) is 0 Å². The van der Waals surface area contributed by atoms with E-state index in [0.717, 1.165) is 43.4 Å². The van der Waals surface area contributed by atoms with E-state index in [2.05, 4.69) is 59.2 Å². The third kappa shape index (κ3) is 4.99. The third-order valence-corrected chi connectivity index (χ3v) is 6.69. The van der Waals surface area contributed by atoms with Gasteiger partial charge in [-0.15, -0.1) is 0 Å². The summed E-state index contributed by atoms with van der Waals surface area (Å²) < 4.78 is 0. The summed E-state index contributed by atoms with van der Waals surface area (Å²) in [6.07, 6.45) is 4.31. The van der Waals surface area contributed by atoms with Gasteiger partial charge in [0.1, 0.15) is 0 Å². The molecule has 1 unspecified atom stereocenters. The zero-order valence-electron chi connectivity index (χ0n) is 18.9. The number of carbonyl (C=O) groups excluding carboxylic acids is 1. The van der Waals surface area contributed by atoms with Crippen molar-refractivity contribution in [3.8, 4) is 11.1 Å². The van der Waals surface area contributed by atoms with E-state index < -0.39 is 0 Å². The lowest BCUT2D eigenvalue weighted by Crippen LogP contribution is -2.35. The van der Waals surface area contributed by atoms with E-state index >= 15 is 0 Å². The van der Waals surface area contributed by atoms with E-state index in [-0.39, 0.29) is 5.91 Å². The minimum Gasteiger partial charge on any atom is -0.352 e. The molecular formula is C30H30N2O. The predicted octanol–water partition coefficient (Wildman–Crippen LogP) is 6.12. The van der Waals surface area contributed by atoms with Crippen molar-refractivity contribution >= 4 is 16.7 Å². The molecule has 0 aliphatic carbocycles. The molecule has 2 N–H and O–H groups in total. The molecule has 1 aliphatic rings. The molecule has 1 heterocycles. The van der Waals surface area contributed by atoms with Gasteiger partial charge in [0.25, 0.3) is 5.91 Å². The topological polar surface area (TPSA) is 41.1 Å². The Morgan fingerprint density at radius 1 is 0.818 bits per heavy atom. The number of unbranched alkanes of at least 4 members (excludes halogenated alkanes) is 1. The average Bonchev–Trinajstić information content (AvgIpc) is 2.89. The van der Waals surface area contributed by atoms with Gasteiger partial charge in [-0.05, 0) is 64.4 Å². The molecule has 1 atom stereocenters. The van der Waals surface area contributed by atoms with E-state index in [4.69, 9.17) is 0 Å². The van der Waals surface area contributed by atoms with Crippen LogP contribution in [0.4, 0.5) is 0 Å². The lowest BCUT2D eigenvalue weighted by atomic mass is 9.89. The van der Waals surface area contributed by atoms with Crippen LogP contribution in [0.25, 0.3) is 21.9 Å². The highest BCUT2D eigenvalue weighted by molar-refractivity contribution is 5.94. The fraction of sp³-hybridized carbons (Fsp3) is 0.233. The molecule has 4 aromatic carbocycles. The van der Waals surface area contributed by atoms with Gasteiger partial charge in [0.2, 0.25) is 0 Å². The molecule has 3 heteroatoms. The van der Waals surface area contributed by atoms with E-state index in [1.807, 2.05) is 42.5 Å². The fourth-order valence-corrected chi connectivity index (χ4v) is 4.83. The SMILES string of the molecule is O=C(NCCCCC1Cc2c(ccc3ccccc23)CN1)c1ccc(-c2ccccc2)cc1. The highest BCUT2D eigenvalue weighted by Gasteiger charge is 2.19. The molecule has 166 valence electrons. The molecule has 0 aromatic heterocycles. The Hall–Kier alpha value is -3.43. The Labute approximate surface area is 195 Å². The van der Waals surface area contributed by atoms with Crippen molar-refractivity contribution in [2.45, 2.75) is 38.3 Å². The number of carbonyl (C=O) groups is 1. The minimum atomic E-state index is 0.00537. The molecule has 0 saturated heterocycles. The molecule has 33 heavy (non-hydrogen) atoms. The maximum absolute atomic E-state index is 12.5. The van der Waals surface area contributed by atoms with Crippen LogP contribution in [0, 0.1) is 0 Å². The molecule has 3 nitrogen and oxygen atoms in total. The number of rotatable bonds is 7. The Morgan fingerprint density at radius 3 is 2.42 bits per heavy atom. The van der Waals surface area contributed by atoms with Gasteiger partial charge < -0.3 is 10.6 Å².